The highest BCUT2D eigenvalue weighted by Crippen LogP contribution is 2.37. The summed E-state index contributed by atoms with van der Waals surface area (Å²) in [6.45, 7) is 4.11. The fraction of sp³-hybridized carbons (Fsp3) is 0.320. The Morgan fingerprint density at radius 1 is 1.18 bits per heavy atom. The van der Waals surface area contributed by atoms with Gasteiger partial charge < -0.3 is 25.0 Å². The lowest BCUT2D eigenvalue weighted by Gasteiger charge is -2.25. The molecule has 0 aliphatic carbocycles. The number of aromatic carboxylic acids is 1. The number of carbonyl (C=O) groups is 3. The number of hydrogen-bond donors (Lipinski definition) is 2. The van der Waals surface area contributed by atoms with E-state index in [-0.39, 0.29) is 18.0 Å². The molecule has 1 amide bonds. The van der Waals surface area contributed by atoms with Crippen LogP contribution >= 0.6 is 0 Å². The fourth-order valence-electron chi connectivity index (χ4n) is 4.46. The van der Waals surface area contributed by atoms with Crippen LogP contribution in [0, 0.1) is 5.41 Å². The molecule has 2 atom stereocenters. The van der Waals surface area contributed by atoms with Gasteiger partial charge in [-0.3, -0.25) is 9.59 Å². The van der Waals surface area contributed by atoms with Gasteiger partial charge >= 0.3 is 11.9 Å². The van der Waals surface area contributed by atoms with Crippen molar-refractivity contribution in [2.45, 2.75) is 25.9 Å². The Labute approximate surface area is 191 Å². The molecule has 4 rings (SSSR count). The molecule has 1 saturated heterocycles. The molecular formula is C25H27N3O5. The second-order valence-electron chi connectivity index (χ2n) is 9.08. The van der Waals surface area contributed by atoms with E-state index in [1.165, 1.54) is 17.0 Å². The van der Waals surface area contributed by atoms with Crippen LogP contribution in [0.2, 0.25) is 0 Å². The van der Waals surface area contributed by atoms with Gasteiger partial charge in [0.05, 0.1) is 11.5 Å². The topological polar surface area (TPSA) is 115 Å². The smallest absolute Gasteiger partial charge is 0.335 e. The van der Waals surface area contributed by atoms with Gasteiger partial charge in [0.1, 0.15) is 0 Å². The van der Waals surface area contributed by atoms with E-state index < -0.39 is 29.4 Å². The average molecular weight is 450 g/mol. The normalized spacial score (nSPS) is 18.5. The minimum absolute atomic E-state index is 0.0501. The zero-order valence-corrected chi connectivity index (χ0v) is 18.8. The molecule has 1 aromatic heterocycles. The summed E-state index contributed by atoms with van der Waals surface area (Å²) in [7, 11) is 1.90. The number of nitrogens with two attached hydrogens (primary N) is 1. The van der Waals surface area contributed by atoms with E-state index in [0.717, 1.165) is 16.5 Å². The minimum atomic E-state index is -1.04. The highest BCUT2D eigenvalue weighted by molar-refractivity contribution is 6.02. The van der Waals surface area contributed by atoms with Gasteiger partial charge in [0, 0.05) is 48.3 Å². The first-order chi connectivity index (χ1) is 15.6. The van der Waals surface area contributed by atoms with Gasteiger partial charge in [-0.25, -0.2) is 4.79 Å². The molecule has 1 aliphatic rings. The van der Waals surface area contributed by atoms with Crippen LogP contribution in [0.25, 0.3) is 10.9 Å². The van der Waals surface area contributed by atoms with Gasteiger partial charge in [-0.2, -0.15) is 0 Å². The van der Waals surface area contributed by atoms with Crippen molar-refractivity contribution in [3.63, 3.8) is 0 Å². The molecule has 0 spiro atoms. The van der Waals surface area contributed by atoms with E-state index >= 15 is 0 Å². The molecule has 3 aromatic rings. The second-order valence-corrected chi connectivity index (χ2v) is 9.08. The molecule has 2 heterocycles. The van der Waals surface area contributed by atoms with Crippen LogP contribution in [0.5, 0.6) is 0 Å². The molecule has 0 saturated carbocycles. The number of carbonyl (C=O) groups excluding carboxylic acids is 2. The number of aromatic nitrogens is 1. The molecule has 1 fully saturated rings. The molecule has 172 valence electrons. The average Bonchev–Trinajstić information content (AvgIpc) is 3.23. The molecule has 33 heavy (non-hydrogen) atoms. The quantitative estimate of drug-likeness (QED) is 0.559. The lowest BCUT2D eigenvalue weighted by atomic mass is 9.89. The van der Waals surface area contributed by atoms with Crippen LogP contribution in [0.15, 0.2) is 54.7 Å². The van der Waals surface area contributed by atoms with Crippen molar-refractivity contribution in [1.82, 2.24) is 4.57 Å². The molecule has 0 unspecified atom stereocenters. The van der Waals surface area contributed by atoms with Gasteiger partial charge in [0.25, 0.3) is 5.91 Å². The van der Waals surface area contributed by atoms with Crippen LogP contribution in [0.4, 0.5) is 5.69 Å². The summed E-state index contributed by atoms with van der Waals surface area (Å²) in [5.74, 6) is -2.63. The summed E-state index contributed by atoms with van der Waals surface area (Å²) in [5.41, 5.74) is 7.78. The monoisotopic (exact) mass is 449 g/mol. The van der Waals surface area contributed by atoms with E-state index in [1.807, 2.05) is 55.9 Å². The molecule has 8 heteroatoms. The largest absolute Gasteiger partial charge is 0.478 e. The summed E-state index contributed by atoms with van der Waals surface area (Å²) >= 11 is 0. The summed E-state index contributed by atoms with van der Waals surface area (Å²) in [4.78, 5) is 39.1. The lowest BCUT2D eigenvalue weighted by Crippen LogP contribution is -2.38. The van der Waals surface area contributed by atoms with Crippen LogP contribution < -0.4 is 10.6 Å². The maximum atomic E-state index is 13.2. The van der Waals surface area contributed by atoms with Crippen molar-refractivity contribution in [3.8, 4) is 0 Å². The summed E-state index contributed by atoms with van der Waals surface area (Å²) in [5, 5.41) is 10.0. The predicted octanol–water partition coefficient (Wildman–Crippen LogP) is 2.90. The van der Waals surface area contributed by atoms with Crippen molar-refractivity contribution in [2.24, 2.45) is 18.2 Å². The van der Waals surface area contributed by atoms with E-state index in [0.29, 0.717) is 12.2 Å². The molecular weight excluding hydrogens is 422 g/mol. The Kier molecular flexibility index (Phi) is 5.71. The highest BCUT2D eigenvalue weighted by atomic mass is 16.6. The maximum absolute atomic E-state index is 13.2. The minimum Gasteiger partial charge on any atom is -0.478 e. The molecule has 2 aromatic carbocycles. The number of carboxylic acid groups (broad SMARTS) is 1. The van der Waals surface area contributed by atoms with Crippen LogP contribution in [-0.4, -0.2) is 46.7 Å². The Hall–Kier alpha value is -3.65. The molecule has 0 bridgehead atoms. The van der Waals surface area contributed by atoms with Gasteiger partial charge in [0.15, 0.2) is 6.10 Å². The molecule has 1 aliphatic heterocycles. The number of rotatable bonds is 6. The van der Waals surface area contributed by atoms with Crippen LogP contribution in [0.1, 0.15) is 35.7 Å². The van der Waals surface area contributed by atoms with Crippen LogP contribution in [0.3, 0.4) is 0 Å². The standard InChI is InChI=1S/C25H27N3O5/c1-25(2)14-28(16-10-8-15(9-11-16)23(30)31)22(29)21(25)33-24(32)18(12-26)19-13-27(3)20-7-5-4-6-17(19)20/h4-11,13,18,21H,12,14,26H2,1-3H3,(H,30,31)/t18-,21+/m1/s1. The predicted molar refractivity (Wildman–Crippen MR) is 124 cm³/mol. The number of ether oxygens (including phenoxy) is 1. The molecule has 0 radical (unpaired) electrons. The first-order valence-corrected chi connectivity index (χ1v) is 10.7. The maximum Gasteiger partial charge on any atom is 0.335 e. The number of para-hydroxylation sites is 1. The van der Waals surface area contributed by atoms with Gasteiger partial charge in [-0.05, 0) is 35.9 Å². The lowest BCUT2D eigenvalue weighted by molar-refractivity contribution is -0.159. The Morgan fingerprint density at radius 2 is 1.85 bits per heavy atom. The molecule has 3 N–H and O–H groups in total. The summed E-state index contributed by atoms with van der Waals surface area (Å²) < 4.78 is 7.74. The van der Waals surface area contributed by atoms with E-state index in [9.17, 15) is 14.4 Å². The number of amides is 1. The number of hydrogen-bond acceptors (Lipinski definition) is 5. The van der Waals surface area contributed by atoms with Crippen molar-refractivity contribution in [2.75, 3.05) is 18.0 Å². The number of esters is 1. The zero-order valence-electron chi connectivity index (χ0n) is 18.8. The summed E-state index contributed by atoms with van der Waals surface area (Å²) in [6, 6.07) is 13.8. The van der Waals surface area contributed by atoms with Crippen molar-refractivity contribution in [3.05, 3.63) is 65.9 Å². The number of carboxylic acids is 1. The van der Waals surface area contributed by atoms with Crippen molar-refractivity contribution in [1.29, 1.82) is 0 Å². The third-order valence-corrected chi connectivity index (χ3v) is 6.25. The van der Waals surface area contributed by atoms with Gasteiger partial charge in [-0.1, -0.05) is 32.0 Å². The summed E-state index contributed by atoms with van der Waals surface area (Å²) in [6.07, 6.45) is 0.898. The number of anilines is 1. The first-order valence-electron chi connectivity index (χ1n) is 10.7. The number of aryl methyl sites for hydroxylation is 1. The zero-order chi connectivity index (χ0) is 23.9. The van der Waals surface area contributed by atoms with E-state index in [2.05, 4.69) is 0 Å². The van der Waals surface area contributed by atoms with Crippen LogP contribution in [-0.2, 0) is 21.4 Å². The van der Waals surface area contributed by atoms with E-state index in [4.69, 9.17) is 15.6 Å². The number of nitrogens with zero attached hydrogens (tertiary/aromatic N) is 2. The van der Waals surface area contributed by atoms with Crippen molar-refractivity contribution < 1.29 is 24.2 Å². The third-order valence-electron chi connectivity index (χ3n) is 6.25. The first kappa shape index (κ1) is 22.5. The SMILES string of the molecule is Cn1cc([C@@H](CN)C(=O)O[C@H]2C(=O)N(c3ccc(C(=O)O)cc3)CC2(C)C)c2ccccc21. The van der Waals surface area contributed by atoms with Gasteiger partial charge in [-0.15, -0.1) is 0 Å². The van der Waals surface area contributed by atoms with Crippen molar-refractivity contribution >= 4 is 34.4 Å². The Morgan fingerprint density at radius 3 is 2.48 bits per heavy atom. The fourth-order valence-corrected chi connectivity index (χ4v) is 4.46. The second kappa shape index (κ2) is 8.37. The number of fused-ring (bicyclic) bond motifs is 1. The van der Waals surface area contributed by atoms with E-state index in [1.54, 1.807) is 12.1 Å². The number of benzene rings is 2. The Balaban J connectivity index is 1.58. The third kappa shape index (κ3) is 3.98. The van der Waals surface area contributed by atoms with Gasteiger partial charge in [0.2, 0.25) is 0 Å². The Bertz CT molecular complexity index is 1230. The highest BCUT2D eigenvalue weighted by Gasteiger charge is 2.50. The molecule has 8 nitrogen and oxygen atoms in total.